The highest BCUT2D eigenvalue weighted by Gasteiger charge is 2.24. The van der Waals surface area contributed by atoms with Crippen LogP contribution in [-0.4, -0.2) is 47.6 Å². The first-order chi connectivity index (χ1) is 13.1. The van der Waals surface area contributed by atoms with Crippen LogP contribution in [0.4, 0.5) is 5.69 Å². The second-order valence-electron chi connectivity index (χ2n) is 7.22. The monoisotopic (exact) mass is 369 g/mol. The minimum Gasteiger partial charge on any atom is -0.462 e. The number of carbonyl (C=O) groups excluding carboxylic acids is 1. The minimum atomic E-state index is -0.319. The average molecular weight is 370 g/mol. The summed E-state index contributed by atoms with van der Waals surface area (Å²) in [5, 5.41) is 4.64. The molecular weight excluding hydrogens is 338 g/mol. The molecule has 0 bridgehead atoms. The van der Waals surface area contributed by atoms with Gasteiger partial charge in [0, 0.05) is 29.4 Å². The van der Waals surface area contributed by atoms with Crippen molar-refractivity contribution in [2.24, 2.45) is 0 Å². The summed E-state index contributed by atoms with van der Waals surface area (Å²) in [6.07, 6.45) is 6.48. The lowest BCUT2D eigenvalue weighted by Gasteiger charge is -2.36. The van der Waals surface area contributed by atoms with Gasteiger partial charge < -0.3 is 15.0 Å². The van der Waals surface area contributed by atoms with Crippen LogP contribution < -0.4 is 5.32 Å². The van der Waals surface area contributed by atoms with Crippen LogP contribution in [0.2, 0.25) is 0 Å². The van der Waals surface area contributed by atoms with Gasteiger partial charge >= 0.3 is 5.97 Å². The number of hydrogen-bond donors (Lipinski definition) is 1. The number of aromatic nitrogens is 1. The molecule has 1 fully saturated rings. The van der Waals surface area contributed by atoms with Crippen molar-refractivity contribution in [2.45, 2.75) is 58.5 Å². The van der Waals surface area contributed by atoms with E-state index in [9.17, 15) is 4.79 Å². The van der Waals surface area contributed by atoms with E-state index in [2.05, 4.69) is 41.2 Å². The first kappa shape index (κ1) is 19.6. The van der Waals surface area contributed by atoms with E-state index < -0.39 is 0 Å². The van der Waals surface area contributed by atoms with E-state index in [1.165, 1.54) is 25.7 Å². The molecule has 0 atom stereocenters. The minimum absolute atomic E-state index is 0.319. The van der Waals surface area contributed by atoms with Crippen molar-refractivity contribution in [1.82, 2.24) is 9.88 Å². The van der Waals surface area contributed by atoms with E-state index in [1.54, 1.807) is 6.20 Å². The van der Waals surface area contributed by atoms with Crippen LogP contribution in [0.25, 0.3) is 10.9 Å². The Bertz CT molecular complexity index is 765. The molecule has 0 amide bonds. The third-order valence-corrected chi connectivity index (χ3v) is 5.59. The summed E-state index contributed by atoms with van der Waals surface area (Å²) in [7, 11) is 0. The van der Waals surface area contributed by atoms with Gasteiger partial charge in [-0.1, -0.05) is 13.8 Å². The molecule has 0 unspecified atom stereocenters. The lowest BCUT2D eigenvalue weighted by molar-refractivity contribution is 0.0526. The normalized spacial score (nSPS) is 20.0. The zero-order valence-electron chi connectivity index (χ0n) is 16.7. The lowest BCUT2D eigenvalue weighted by atomic mass is 9.90. The van der Waals surface area contributed by atoms with Crippen LogP contribution in [0.5, 0.6) is 0 Å². The Hall–Kier alpha value is -2.14. The molecule has 5 nitrogen and oxygen atoms in total. The Morgan fingerprint density at radius 3 is 2.56 bits per heavy atom. The zero-order valence-corrected chi connectivity index (χ0v) is 16.7. The summed E-state index contributed by atoms with van der Waals surface area (Å²) in [6, 6.07) is 9.27. The predicted octanol–water partition coefficient (Wildman–Crippen LogP) is 4.48. The molecule has 27 heavy (non-hydrogen) atoms. The molecule has 1 heterocycles. The van der Waals surface area contributed by atoms with Crippen molar-refractivity contribution in [2.75, 3.05) is 25.0 Å². The summed E-state index contributed by atoms with van der Waals surface area (Å²) in [5.74, 6) is -0.319. The number of ether oxygens (including phenoxy) is 1. The standard InChI is InChI=1S/C22H31N3O2/c1-4-25(5-2)20-10-7-18(8-11-20)24-19-9-12-21-16(14-19)13-17(15-23-21)22(26)27-6-3/h9,12-15,18,20,24H,4-8,10-11H2,1-3H3. The van der Waals surface area contributed by atoms with Crippen molar-refractivity contribution in [3.63, 3.8) is 0 Å². The zero-order chi connectivity index (χ0) is 19.2. The van der Waals surface area contributed by atoms with Gasteiger partial charge in [0.2, 0.25) is 0 Å². The highest BCUT2D eigenvalue weighted by Crippen LogP contribution is 2.27. The Labute approximate surface area is 162 Å². The summed E-state index contributed by atoms with van der Waals surface area (Å²) >= 11 is 0. The highest BCUT2D eigenvalue weighted by molar-refractivity contribution is 5.94. The molecule has 1 N–H and O–H groups in total. The Morgan fingerprint density at radius 1 is 1.15 bits per heavy atom. The van der Waals surface area contributed by atoms with Gasteiger partial charge in [-0.2, -0.15) is 0 Å². The summed E-state index contributed by atoms with van der Waals surface area (Å²) in [4.78, 5) is 18.9. The van der Waals surface area contributed by atoms with Crippen LogP contribution in [0.3, 0.4) is 0 Å². The van der Waals surface area contributed by atoms with E-state index in [4.69, 9.17) is 4.74 Å². The van der Waals surface area contributed by atoms with Crippen LogP contribution in [0.1, 0.15) is 56.8 Å². The van der Waals surface area contributed by atoms with Crippen molar-refractivity contribution in [1.29, 1.82) is 0 Å². The van der Waals surface area contributed by atoms with Gasteiger partial charge in [0.15, 0.2) is 0 Å². The molecule has 2 aromatic rings. The fraction of sp³-hybridized carbons (Fsp3) is 0.545. The van der Waals surface area contributed by atoms with Gasteiger partial charge in [-0.15, -0.1) is 0 Å². The van der Waals surface area contributed by atoms with Gasteiger partial charge in [-0.05, 0) is 70.0 Å². The number of fused-ring (bicyclic) bond motifs is 1. The molecule has 1 saturated carbocycles. The molecular formula is C22H31N3O2. The molecule has 0 aliphatic heterocycles. The first-order valence-corrected chi connectivity index (χ1v) is 10.2. The third kappa shape index (κ3) is 4.78. The maximum atomic E-state index is 11.9. The molecule has 3 rings (SSSR count). The molecule has 0 spiro atoms. The van der Waals surface area contributed by atoms with Crippen LogP contribution in [-0.2, 0) is 4.74 Å². The van der Waals surface area contributed by atoms with Gasteiger partial charge in [0.25, 0.3) is 0 Å². The highest BCUT2D eigenvalue weighted by atomic mass is 16.5. The molecule has 0 saturated heterocycles. The fourth-order valence-electron chi connectivity index (χ4n) is 4.11. The number of hydrogen-bond acceptors (Lipinski definition) is 5. The van der Waals surface area contributed by atoms with Crippen LogP contribution >= 0.6 is 0 Å². The maximum absolute atomic E-state index is 11.9. The molecule has 1 aliphatic carbocycles. The Morgan fingerprint density at radius 2 is 1.89 bits per heavy atom. The molecule has 1 aromatic heterocycles. The number of esters is 1. The van der Waals surface area contributed by atoms with Crippen molar-refractivity contribution in [3.8, 4) is 0 Å². The molecule has 146 valence electrons. The maximum Gasteiger partial charge on any atom is 0.339 e. The quantitative estimate of drug-likeness (QED) is 0.730. The number of pyridine rings is 1. The van der Waals surface area contributed by atoms with Gasteiger partial charge in [0.05, 0.1) is 17.7 Å². The van der Waals surface area contributed by atoms with E-state index in [-0.39, 0.29) is 5.97 Å². The van der Waals surface area contributed by atoms with Gasteiger partial charge in [0.1, 0.15) is 0 Å². The lowest BCUT2D eigenvalue weighted by Crippen LogP contribution is -2.40. The number of rotatable bonds is 7. The first-order valence-electron chi connectivity index (χ1n) is 10.2. The second-order valence-corrected chi connectivity index (χ2v) is 7.22. The van der Waals surface area contributed by atoms with Crippen molar-refractivity contribution in [3.05, 3.63) is 36.0 Å². The molecule has 1 aliphatic rings. The van der Waals surface area contributed by atoms with Crippen LogP contribution in [0, 0.1) is 0 Å². The SMILES string of the molecule is CCOC(=O)c1cnc2ccc(NC3CCC(N(CC)CC)CC3)cc2c1. The van der Waals surface area contributed by atoms with E-state index in [0.29, 0.717) is 18.2 Å². The number of nitrogens with zero attached hydrogens (tertiary/aromatic N) is 2. The van der Waals surface area contributed by atoms with Crippen LogP contribution in [0.15, 0.2) is 30.5 Å². The number of anilines is 1. The van der Waals surface area contributed by atoms with E-state index in [0.717, 1.165) is 35.7 Å². The summed E-state index contributed by atoms with van der Waals surface area (Å²) < 4.78 is 5.08. The molecule has 1 aromatic carbocycles. The Balaban J connectivity index is 1.66. The van der Waals surface area contributed by atoms with E-state index >= 15 is 0 Å². The van der Waals surface area contributed by atoms with Gasteiger partial charge in [-0.25, -0.2) is 4.79 Å². The van der Waals surface area contributed by atoms with E-state index in [1.807, 2.05) is 19.1 Å². The second kappa shape index (κ2) is 9.18. The van der Waals surface area contributed by atoms with Gasteiger partial charge in [-0.3, -0.25) is 4.98 Å². The smallest absolute Gasteiger partial charge is 0.339 e. The average Bonchev–Trinajstić information content (AvgIpc) is 2.70. The molecule has 5 heteroatoms. The van der Waals surface area contributed by atoms with Crippen molar-refractivity contribution >= 4 is 22.6 Å². The third-order valence-electron chi connectivity index (χ3n) is 5.59. The number of benzene rings is 1. The predicted molar refractivity (Wildman–Crippen MR) is 110 cm³/mol. The summed E-state index contributed by atoms with van der Waals surface area (Å²) in [5.41, 5.74) is 2.48. The number of carbonyl (C=O) groups is 1. The molecule has 0 radical (unpaired) electrons. The topological polar surface area (TPSA) is 54.5 Å². The number of nitrogens with one attached hydrogen (secondary N) is 1. The summed E-state index contributed by atoms with van der Waals surface area (Å²) in [6.45, 7) is 8.96. The fourth-order valence-corrected chi connectivity index (χ4v) is 4.11. The van der Waals surface area contributed by atoms with Crippen molar-refractivity contribution < 1.29 is 9.53 Å². The Kier molecular flexibility index (Phi) is 6.67. The largest absolute Gasteiger partial charge is 0.462 e.